The number of pyridine rings is 1. The van der Waals surface area contributed by atoms with E-state index >= 15 is 0 Å². The summed E-state index contributed by atoms with van der Waals surface area (Å²) in [4.78, 5) is 6.75. The van der Waals surface area contributed by atoms with Crippen molar-refractivity contribution >= 4 is 5.69 Å². The Kier molecular flexibility index (Phi) is 2.89. The predicted molar refractivity (Wildman–Crippen MR) is 67.5 cm³/mol. The Balaban J connectivity index is 2.30. The lowest BCUT2D eigenvalue weighted by Crippen LogP contribution is -2.24. The van der Waals surface area contributed by atoms with Crippen molar-refractivity contribution in [1.29, 1.82) is 0 Å². The zero-order chi connectivity index (χ0) is 11.8. The third-order valence-electron chi connectivity index (χ3n) is 3.34. The van der Waals surface area contributed by atoms with Gasteiger partial charge in [0.15, 0.2) is 0 Å². The lowest BCUT2D eigenvalue weighted by molar-refractivity contribution is 0.418. The molecule has 2 rings (SSSR count). The fraction of sp³-hybridized carbons (Fsp3) is 0.615. The Bertz CT molecular complexity index is 385. The van der Waals surface area contributed by atoms with Gasteiger partial charge in [-0.3, -0.25) is 4.98 Å². The van der Waals surface area contributed by atoms with E-state index in [0.717, 1.165) is 24.3 Å². The topological polar surface area (TPSA) is 42.1 Å². The van der Waals surface area contributed by atoms with Crippen molar-refractivity contribution < 1.29 is 0 Å². The summed E-state index contributed by atoms with van der Waals surface area (Å²) < 4.78 is 0. The Hall–Kier alpha value is -1.09. The van der Waals surface area contributed by atoms with Gasteiger partial charge < -0.3 is 10.6 Å². The first-order chi connectivity index (χ1) is 7.52. The van der Waals surface area contributed by atoms with Crippen molar-refractivity contribution in [2.24, 2.45) is 11.1 Å². The number of aryl methyl sites for hydroxylation is 1. The molecule has 1 aromatic rings. The smallest absolute Gasteiger partial charge is 0.0445 e. The van der Waals surface area contributed by atoms with Crippen LogP contribution in [0.3, 0.4) is 0 Å². The second-order valence-corrected chi connectivity index (χ2v) is 5.49. The number of aromatic nitrogens is 1. The van der Waals surface area contributed by atoms with E-state index in [1.54, 1.807) is 0 Å². The van der Waals surface area contributed by atoms with Crippen LogP contribution in [0.5, 0.6) is 0 Å². The summed E-state index contributed by atoms with van der Waals surface area (Å²) in [6.07, 6.45) is 3.16. The predicted octanol–water partition coefficient (Wildman–Crippen LogP) is 2.09. The van der Waals surface area contributed by atoms with Crippen molar-refractivity contribution in [3.63, 3.8) is 0 Å². The standard InChI is InChI=1S/C13H21N3/c1-10-6-12(11(7-14)8-15-10)16-5-4-13(2,3)9-16/h6,8H,4-5,7,9,14H2,1-3H3. The summed E-state index contributed by atoms with van der Waals surface area (Å²) in [6, 6.07) is 2.16. The van der Waals surface area contributed by atoms with Crippen LogP contribution < -0.4 is 10.6 Å². The molecule has 0 atom stereocenters. The minimum atomic E-state index is 0.420. The van der Waals surface area contributed by atoms with Gasteiger partial charge in [0, 0.05) is 42.8 Å². The molecule has 0 unspecified atom stereocenters. The fourth-order valence-electron chi connectivity index (χ4n) is 2.34. The molecule has 0 bridgehead atoms. The minimum absolute atomic E-state index is 0.420. The van der Waals surface area contributed by atoms with Crippen LogP contribution in [0.2, 0.25) is 0 Å². The van der Waals surface area contributed by atoms with Crippen LogP contribution in [0.1, 0.15) is 31.5 Å². The second-order valence-electron chi connectivity index (χ2n) is 5.49. The van der Waals surface area contributed by atoms with Crippen molar-refractivity contribution in [3.05, 3.63) is 23.5 Å². The van der Waals surface area contributed by atoms with Crippen LogP contribution in [0, 0.1) is 12.3 Å². The Morgan fingerprint density at radius 2 is 2.25 bits per heavy atom. The molecule has 16 heavy (non-hydrogen) atoms. The van der Waals surface area contributed by atoms with Crippen molar-refractivity contribution in [2.45, 2.75) is 33.7 Å². The molecule has 0 aliphatic carbocycles. The Labute approximate surface area is 97.7 Å². The van der Waals surface area contributed by atoms with E-state index in [0.29, 0.717) is 12.0 Å². The molecule has 1 fully saturated rings. The molecule has 3 heteroatoms. The van der Waals surface area contributed by atoms with Gasteiger partial charge in [0.1, 0.15) is 0 Å². The van der Waals surface area contributed by atoms with Crippen LogP contribution in [0.25, 0.3) is 0 Å². The maximum absolute atomic E-state index is 5.77. The maximum Gasteiger partial charge on any atom is 0.0445 e. The highest BCUT2D eigenvalue weighted by Crippen LogP contribution is 2.33. The molecule has 1 saturated heterocycles. The first-order valence-electron chi connectivity index (χ1n) is 5.92. The largest absolute Gasteiger partial charge is 0.371 e. The highest BCUT2D eigenvalue weighted by molar-refractivity contribution is 5.54. The van der Waals surface area contributed by atoms with E-state index in [4.69, 9.17) is 5.73 Å². The zero-order valence-electron chi connectivity index (χ0n) is 10.5. The first kappa shape index (κ1) is 11.4. The molecule has 0 spiro atoms. The summed E-state index contributed by atoms with van der Waals surface area (Å²) in [5.74, 6) is 0. The van der Waals surface area contributed by atoms with Gasteiger partial charge in [-0.25, -0.2) is 0 Å². The Morgan fingerprint density at radius 1 is 1.50 bits per heavy atom. The normalized spacial score (nSPS) is 19.1. The second kappa shape index (κ2) is 4.06. The molecule has 2 heterocycles. The molecule has 0 saturated carbocycles. The lowest BCUT2D eigenvalue weighted by atomic mass is 9.93. The molecule has 0 amide bonds. The minimum Gasteiger partial charge on any atom is -0.371 e. The fourth-order valence-corrected chi connectivity index (χ4v) is 2.34. The summed E-state index contributed by atoms with van der Waals surface area (Å²) in [7, 11) is 0. The van der Waals surface area contributed by atoms with Crippen LogP contribution in [-0.2, 0) is 6.54 Å². The maximum atomic E-state index is 5.77. The third kappa shape index (κ3) is 2.19. The van der Waals surface area contributed by atoms with Gasteiger partial charge in [-0.05, 0) is 24.8 Å². The molecule has 2 N–H and O–H groups in total. The molecule has 0 radical (unpaired) electrons. The number of nitrogens with zero attached hydrogens (tertiary/aromatic N) is 2. The van der Waals surface area contributed by atoms with Gasteiger partial charge in [0.25, 0.3) is 0 Å². The van der Waals surface area contributed by atoms with E-state index in [2.05, 4.69) is 29.8 Å². The third-order valence-corrected chi connectivity index (χ3v) is 3.34. The van der Waals surface area contributed by atoms with Crippen LogP contribution in [-0.4, -0.2) is 18.1 Å². The van der Waals surface area contributed by atoms with Crippen molar-refractivity contribution in [3.8, 4) is 0 Å². The molecule has 1 aliphatic heterocycles. The molecule has 1 aliphatic rings. The van der Waals surface area contributed by atoms with Gasteiger partial charge in [0.05, 0.1) is 0 Å². The molecular formula is C13H21N3. The molecule has 3 nitrogen and oxygen atoms in total. The van der Waals surface area contributed by atoms with Gasteiger partial charge >= 0.3 is 0 Å². The van der Waals surface area contributed by atoms with Crippen LogP contribution in [0.4, 0.5) is 5.69 Å². The molecule has 0 aromatic carbocycles. The quantitative estimate of drug-likeness (QED) is 0.828. The van der Waals surface area contributed by atoms with Crippen molar-refractivity contribution in [1.82, 2.24) is 4.98 Å². The number of anilines is 1. The van der Waals surface area contributed by atoms with E-state index in [-0.39, 0.29) is 0 Å². The van der Waals surface area contributed by atoms with E-state index in [1.165, 1.54) is 12.1 Å². The zero-order valence-corrected chi connectivity index (χ0v) is 10.5. The molecule has 88 valence electrons. The van der Waals surface area contributed by atoms with Gasteiger partial charge in [-0.15, -0.1) is 0 Å². The van der Waals surface area contributed by atoms with Crippen LogP contribution in [0.15, 0.2) is 12.3 Å². The van der Waals surface area contributed by atoms with E-state index in [1.807, 2.05) is 13.1 Å². The average Bonchev–Trinajstić information content (AvgIpc) is 2.59. The van der Waals surface area contributed by atoms with Crippen LogP contribution >= 0.6 is 0 Å². The Morgan fingerprint density at radius 3 is 2.81 bits per heavy atom. The number of hydrogen-bond acceptors (Lipinski definition) is 3. The highest BCUT2D eigenvalue weighted by atomic mass is 15.2. The average molecular weight is 219 g/mol. The van der Waals surface area contributed by atoms with E-state index < -0.39 is 0 Å². The van der Waals surface area contributed by atoms with Gasteiger partial charge in [0.2, 0.25) is 0 Å². The first-order valence-corrected chi connectivity index (χ1v) is 5.92. The lowest BCUT2D eigenvalue weighted by Gasteiger charge is -2.24. The summed E-state index contributed by atoms with van der Waals surface area (Å²) >= 11 is 0. The number of rotatable bonds is 2. The van der Waals surface area contributed by atoms with E-state index in [9.17, 15) is 0 Å². The van der Waals surface area contributed by atoms with Gasteiger partial charge in [-0.1, -0.05) is 13.8 Å². The molecular weight excluding hydrogens is 198 g/mol. The van der Waals surface area contributed by atoms with Crippen molar-refractivity contribution in [2.75, 3.05) is 18.0 Å². The molecule has 1 aromatic heterocycles. The summed E-state index contributed by atoms with van der Waals surface area (Å²) in [6.45, 7) is 9.49. The summed E-state index contributed by atoms with van der Waals surface area (Å²) in [5.41, 5.74) is 9.69. The summed E-state index contributed by atoms with van der Waals surface area (Å²) in [5, 5.41) is 0. The highest BCUT2D eigenvalue weighted by Gasteiger charge is 2.30. The SMILES string of the molecule is Cc1cc(N2CCC(C)(C)C2)c(CN)cn1. The van der Waals surface area contributed by atoms with Gasteiger partial charge in [-0.2, -0.15) is 0 Å². The number of nitrogens with two attached hydrogens (primary N) is 1. The number of hydrogen-bond donors (Lipinski definition) is 1. The monoisotopic (exact) mass is 219 g/mol.